The molecule has 0 fully saturated rings. The van der Waals surface area contributed by atoms with Crippen molar-refractivity contribution in [1.29, 1.82) is 0 Å². The van der Waals surface area contributed by atoms with Gasteiger partial charge in [-0.3, -0.25) is 0 Å². The van der Waals surface area contributed by atoms with Crippen LogP contribution in [-0.4, -0.2) is 29.0 Å². The largest absolute Gasteiger partial charge is 0.508 e. The van der Waals surface area contributed by atoms with Gasteiger partial charge in [-0.05, 0) is 32.8 Å². The van der Waals surface area contributed by atoms with Gasteiger partial charge in [0.1, 0.15) is 28.7 Å². The second-order valence-corrected chi connectivity index (χ2v) is 6.82. The molecule has 138 valence electrons. The van der Waals surface area contributed by atoms with E-state index in [1.807, 2.05) is 19.9 Å². The van der Waals surface area contributed by atoms with E-state index in [0.29, 0.717) is 30.9 Å². The van der Waals surface area contributed by atoms with Crippen LogP contribution in [-0.2, 0) is 12.8 Å². The molecule has 0 saturated carbocycles. The van der Waals surface area contributed by atoms with E-state index >= 15 is 0 Å². The third kappa shape index (κ3) is 3.43. The van der Waals surface area contributed by atoms with Crippen molar-refractivity contribution < 1.29 is 24.8 Å². The Morgan fingerprint density at radius 2 is 1.96 bits per heavy atom. The van der Waals surface area contributed by atoms with E-state index in [1.165, 1.54) is 6.07 Å². The molecule has 1 aliphatic rings. The van der Waals surface area contributed by atoms with Crippen molar-refractivity contribution >= 4 is 0 Å². The molecular formula is C21H24O5. The molecule has 3 N–H and O–H groups in total. The van der Waals surface area contributed by atoms with Crippen molar-refractivity contribution in [1.82, 2.24) is 0 Å². The molecule has 0 aromatic heterocycles. The summed E-state index contributed by atoms with van der Waals surface area (Å²) in [5.74, 6) is 1.39. The van der Waals surface area contributed by atoms with Crippen LogP contribution in [0, 0.1) is 0 Å². The van der Waals surface area contributed by atoms with Crippen molar-refractivity contribution in [3.05, 3.63) is 52.6 Å². The minimum absolute atomic E-state index is 0.0230. The molecule has 0 bridgehead atoms. The van der Waals surface area contributed by atoms with Crippen molar-refractivity contribution in [3.63, 3.8) is 0 Å². The van der Waals surface area contributed by atoms with E-state index in [9.17, 15) is 15.3 Å². The molecule has 2 aromatic carbocycles. The quantitative estimate of drug-likeness (QED) is 0.721. The molecule has 0 radical (unpaired) electrons. The summed E-state index contributed by atoms with van der Waals surface area (Å²) >= 11 is 0. The number of methoxy groups -OCH3 is 1. The van der Waals surface area contributed by atoms with Gasteiger partial charge in [0.25, 0.3) is 0 Å². The molecule has 5 heteroatoms. The van der Waals surface area contributed by atoms with Gasteiger partial charge >= 0.3 is 0 Å². The molecule has 1 unspecified atom stereocenters. The van der Waals surface area contributed by atoms with Crippen molar-refractivity contribution in [2.45, 2.75) is 32.6 Å². The minimum atomic E-state index is -0.0714. The highest BCUT2D eigenvalue weighted by atomic mass is 16.5. The second-order valence-electron chi connectivity index (χ2n) is 6.82. The lowest BCUT2D eigenvalue weighted by atomic mass is 9.87. The monoisotopic (exact) mass is 356 g/mol. The highest BCUT2D eigenvalue weighted by Crippen LogP contribution is 2.45. The van der Waals surface area contributed by atoms with Gasteiger partial charge in [0.15, 0.2) is 0 Å². The summed E-state index contributed by atoms with van der Waals surface area (Å²) in [6, 6.07) is 6.23. The summed E-state index contributed by atoms with van der Waals surface area (Å²) in [6.45, 7) is 4.39. The summed E-state index contributed by atoms with van der Waals surface area (Å²) in [5.41, 5.74) is 3.49. The number of phenols is 3. The van der Waals surface area contributed by atoms with E-state index in [4.69, 9.17) is 9.47 Å². The highest BCUT2D eigenvalue weighted by Gasteiger charge is 2.29. The summed E-state index contributed by atoms with van der Waals surface area (Å²) < 4.78 is 11.5. The Hall–Kier alpha value is -2.82. The Kier molecular flexibility index (Phi) is 4.98. The lowest BCUT2D eigenvalue weighted by molar-refractivity contribution is 0.252. The number of rotatable bonds is 4. The zero-order valence-corrected chi connectivity index (χ0v) is 15.2. The number of ether oxygens (including phenoxy) is 2. The normalized spacial score (nSPS) is 15.7. The van der Waals surface area contributed by atoms with E-state index in [-0.39, 0.29) is 23.2 Å². The van der Waals surface area contributed by atoms with Gasteiger partial charge in [0.2, 0.25) is 0 Å². The Balaban J connectivity index is 2.01. The molecule has 3 rings (SSSR count). The second kappa shape index (κ2) is 7.20. The maximum atomic E-state index is 10.4. The molecule has 0 amide bonds. The number of hydrogen-bond acceptors (Lipinski definition) is 5. The first kappa shape index (κ1) is 18.0. The average molecular weight is 356 g/mol. The molecular weight excluding hydrogens is 332 g/mol. The summed E-state index contributed by atoms with van der Waals surface area (Å²) in [6.07, 6.45) is 3.22. The van der Waals surface area contributed by atoms with Gasteiger partial charge in [-0.25, -0.2) is 0 Å². The first-order valence-corrected chi connectivity index (χ1v) is 8.60. The van der Waals surface area contributed by atoms with Crippen LogP contribution < -0.4 is 9.47 Å². The zero-order chi connectivity index (χ0) is 18.8. The Bertz CT molecular complexity index is 850. The minimum Gasteiger partial charge on any atom is -0.508 e. The van der Waals surface area contributed by atoms with Gasteiger partial charge in [0.05, 0.1) is 13.7 Å². The average Bonchev–Trinajstić information content (AvgIpc) is 2.59. The standard InChI is InChI=1S/C21H24O5/c1-12(2)4-6-16-19(24)10-20-17(21(16)25-3)8-13(11-26-20)15-7-5-14(22)9-18(15)23/h4-5,7,9-10,13,22-24H,6,8,11H2,1-3H3. The lowest BCUT2D eigenvalue weighted by Crippen LogP contribution is -2.20. The fourth-order valence-electron chi connectivity index (χ4n) is 3.35. The third-order valence-electron chi connectivity index (χ3n) is 4.69. The first-order chi connectivity index (χ1) is 12.4. The molecule has 2 aromatic rings. The van der Waals surface area contributed by atoms with Gasteiger partial charge in [-0.1, -0.05) is 17.7 Å². The van der Waals surface area contributed by atoms with Crippen LogP contribution in [0.3, 0.4) is 0 Å². The van der Waals surface area contributed by atoms with E-state index in [0.717, 1.165) is 22.3 Å². The van der Waals surface area contributed by atoms with Crippen LogP contribution in [0.2, 0.25) is 0 Å². The number of benzene rings is 2. The van der Waals surface area contributed by atoms with Gasteiger partial charge in [-0.15, -0.1) is 0 Å². The summed E-state index contributed by atoms with van der Waals surface area (Å²) in [7, 11) is 1.59. The van der Waals surface area contributed by atoms with E-state index in [1.54, 1.807) is 25.3 Å². The Morgan fingerprint density at radius 1 is 1.19 bits per heavy atom. The number of allylic oxidation sites excluding steroid dienone is 2. The Labute approximate surface area is 153 Å². The zero-order valence-electron chi connectivity index (χ0n) is 15.2. The smallest absolute Gasteiger partial charge is 0.132 e. The first-order valence-electron chi connectivity index (χ1n) is 8.60. The van der Waals surface area contributed by atoms with Gasteiger partial charge < -0.3 is 24.8 Å². The third-order valence-corrected chi connectivity index (χ3v) is 4.69. The fourth-order valence-corrected chi connectivity index (χ4v) is 3.35. The summed E-state index contributed by atoms with van der Waals surface area (Å²) in [5, 5.41) is 30.1. The van der Waals surface area contributed by atoms with Crippen LogP contribution in [0.4, 0.5) is 0 Å². The molecule has 1 heterocycles. The topological polar surface area (TPSA) is 79.2 Å². The molecule has 1 atom stereocenters. The van der Waals surface area contributed by atoms with Crippen molar-refractivity contribution in [3.8, 4) is 28.7 Å². The van der Waals surface area contributed by atoms with Crippen LogP contribution in [0.1, 0.15) is 36.5 Å². The molecule has 0 spiro atoms. The van der Waals surface area contributed by atoms with Gasteiger partial charge in [-0.2, -0.15) is 0 Å². The molecule has 1 aliphatic heterocycles. The number of hydrogen-bond donors (Lipinski definition) is 3. The number of fused-ring (bicyclic) bond motifs is 1. The number of aromatic hydroxyl groups is 3. The van der Waals surface area contributed by atoms with Crippen LogP contribution in [0.5, 0.6) is 28.7 Å². The predicted octanol–water partition coefficient (Wildman–Crippen LogP) is 4.04. The van der Waals surface area contributed by atoms with Crippen molar-refractivity contribution in [2.75, 3.05) is 13.7 Å². The van der Waals surface area contributed by atoms with Crippen LogP contribution in [0.15, 0.2) is 35.9 Å². The molecule has 26 heavy (non-hydrogen) atoms. The maximum Gasteiger partial charge on any atom is 0.132 e. The Morgan fingerprint density at radius 3 is 2.62 bits per heavy atom. The predicted molar refractivity (Wildman–Crippen MR) is 99.5 cm³/mol. The van der Waals surface area contributed by atoms with Crippen LogP contribution in [0.25, 0.3) is 0 Å². The molecule has 5 nitrogen and oxygen atoms in total. The van der Waals surface area contributed by atoms with E-state index < -0.39 is 0 Å². The fraction of sp³-hybridized carbons (Fsp3) is 0.333. The number of phenolic OH excluding ortho intramolecular Hbond substituents is 3. The maximum absolute atomic E-state index is 10.4. The SMILES string of the molecule is COc1c(CC=C(C)C)c(O)cc2c1CC(c1ccc(O)cc1O)CO2. The highest BCUT2D eigenvalue weighted by molar-refractivity contribution is 5.59. The van der Waals surface area contributed by atoms with E-state index in [2.05, 4.69) is 0 Å². The van der Waals surface area contributed by atoms with Crippen LogP contribution >= 0.6 is 0 Å². The van der Waals surface area contributed by atoms with Crippen molar-refractivity contribution in [2.24, 2.45) is 0 Å². The van der Waals surface area contributed by atoms with Gasteiger partial charge in [0, 0.05) is 34.7 Å². The lowest BCUT2D eigenvalue weighted by Gasteiger charge is -2.28. The summed E-state index contributed by atoms with van der Waals surface area (Å²) in [4.78, 5) is 0. The molecule has 0 saturated heterocycles. The molecule has 0 aliphatic carbocycles.